The van der Waals surface area contributed by atoms with Crippen molar-refractivity contribution >= 4 is 5.69 Å². The van der Waals surface area contributed by atoms with E-state index in [1.54, 1.807) is 12.3 Å². The summed E-state index contributed by atoms with van der Waals surface area (Å²) in [5.41, 5.74) is 8.69. The lowest BCUT2D eigenvalue weighted by Gasteiger charge is -2.01. The van der Waals surface area contributed by atoms with Gasteiger partial charge in [-0.15, -0.1) is 0 Å². The standard InChI is InChI=1S/C15H13FN4O/c1-8-6-9(2)13(18-7-8)14-19-15(21-20-14)12-10(16)4-3-5-11(12)17/h3-7H,17H2,1-2H3. The van der Waals surface area contributed by atoms with E-state index in [9.17, 15) is 4.39 Å². The Balaban J connectivity index is 2.08. The lowest BCUT2D eigenvalue weighted by atomic mass is 10.1. The molecule has 2 aromatic heterocycles. The van der Waals surface area contributed by atoms with Crippen LogP contribution in [0, 0.1) is 19.7 Å². The third-order valence-corrected chi connectivity index (χ3v) is 3.11. The third kappa shape index (κ3) is 2.35. The maximum Gasteiger partial charge on any atom is 0.263 e. The maximum absolute atomic E-state index is 13.9. The minimum Gasteiger partial charge on any atom is -0.398 e. The van der Waals surface area contributed by atoms with Crippen LogP contribution in [-0.2, 0) is 0 Å². The Bertz CT molecular complexity index is 793. The third-order valence-electron chi connectivity index (χ3n) is 3.11. The fraction of sp³-hybridized carbons (Fsp3) is 0.133. The van der Waals surface area contributed by atoms with Gasteiger partial charge in [0.05, 0.1) is 5.56 Å². The van der Waals surface area contributed by atoms with E-state index in [0.717, 1.165) is 11.1 Å². The molecule has 0 fully saturated rings. The highest BCUT2D eigenvalue weighted by molar-refractivity contribution is 5.72. The van der Waals surface area contributed by atoms with Gasteiger partial charge in [0.25, 0.3) is 5.89 Å². The Labute approximate surface area is 120 Å². The van der Waals surface area contributed by atoms with E-state index in [4.69, 9.17) is 10.3 Å². The van der Waals surface area contributed by atoms with Crippen LogP contribution in [0.15, 0.2) is 35.0 Å². The quantitative estimate of drug-likeness (QED) is 0.731. The molecule has 0 aliphatic heterocycles. The average Bonchev–Trinajstić information content (AvgIpc) is 2.87. The van der Waals surface area contributed by atoms with E-state index in [1.165, 1.54) is 12.1 Å². The van der Waals surface area contributed by atoms with Crippen LogP contribution in [-0.4, -0.2) is 15.1 Å². The molecule has 2 N–H and O–H groups in total. The molecule has 0 saturated carbocycles. The second-order valence-corrected chi connectivity index (χ2v) is 4.81. The lowest BCUT2D eigenvalue weighted by Crippen LogP contribution is -1.94. The molecule has 0 aliphatic carbocycles. The van der Waals surface area contributed by atoms with Gasteiger partial charge in [-0.25, -0.2) is 4.39 Å². The number of anilines is 1. The van der Waals surface area contributed by atoms with E-state index < -0.39 is 5.82 Å². The minimum absolute atomic E-state index is 0.0439. The highest BCUT2D eigenvalue weighted by atomic mass is 19.1. The zero-order valence-corrected chi connectivity index (χ0v) is 11.6. The number of halogens is 1. The van der Waals surface area contributed by atoms with Crippen molar-refractivity contribution in [3.05, 3.63) is 47.4 Å². The van der Waals surface area contributed by atoms with Crippen LogP contribution >= 0.6 is 0 Å². The first kappa shape index (κ1) is 13.2. The van der Waals surface area contributed by atoms with Crippen LogP contribution in [0.3, 0.4) is 0 Å². The van der Waals surface area contributed by atoms with Crippen LogP contribution in [0.25, 0.3) is 23.0 Å². The van der Waals surface area contributed by atoms with Crippen molar-refractivity contribution in [2.24, 2.45) is 0 Å². The summed E-state index contributed by atoms with van der Waals surface area (Å²) in [5.74, 6) is -0.147. The van der Waals surface area contributed by atoms with E-state index in [2.05, 4.69) is 15.1 Å². The summed E-state index contributed by atoms with van der Waals surface area (Å²) < 4.78 is 19.0. The predicted molar refractivity (Wildman–Crippen MR) is 76.8 cm³/mol. The Hall–Kier alpha value is -2.76. The van der Waals surface area contributed by atoms with Crippen LogP contribution in [0.5, 0.6) is 0 Å². The summed E-state index contributed by atoms with van der Waals surface area (Å²) in [7, 11) is 0. The van der Waals surface area contributed by atoms with Gasteiger partial charge in [-0.05, 0) is 37.1 Å². The number of aromatic nitrogens is 3. The normalized spacial score (nSPS) is 10.8. The second kappa shape index (κ2) is 4.97. The second-order valence-electron chi connectivity index (χ2n) is 4.81. The number of pyridine rings is 1. The lowest BCUT2D eigenvalue weighted by molar-refractivity contribution is 0.429. The van der Waals surface area contributed by atoms with Crippen molar-refractivity contribution in [1.29, 1.82) is 0 Å². The first-order chi connectivity index (χ1) is 10.1. The van der Waals surface area contributed by atoms with Gasteiger partial charge in [-0.1, -0.05) is 17.3 Å². The fourth-order valence-electron chi connectivity index (χ4n) is 2.14. The van der Waals surface area contributed by atoms with Crippen LogP contribution in [0.4, 0.5) is 10.1 Å². The number of nitrogen functional groups attached to an aromatic ring is 1. The molecule has 2 heterocycles. The van der Waals surface area contributed by atoms with Crippen LogP contribution in [0.2, 0.25) is 0 Å². The van der Waals surface area contributed by atoms with Crippen LogP contribution < -0.4 is 5.73 Å². The van der Waals surface area contributed by atoms with Gasteiger partial charge in [0.1, 0.15) is 11.5 Å². The van der Waals surface area contributed by atoms with Crippen molar-refractivity contribution in [3.8, 4) is 23.0 Å². The van der Waals surface area contributed by atoms with E-state index >= 15 is 0 Å². The zero-order valence-electron chi connectivity index (χ0n) is 11.6. The van der Waals surface area contributed by atoms with Gasteiger partial charge in [-0.3, -0.25) is 4.98 Å². The van der Waals surface area contributed by atoms with E-state index in [1.807, 2.05) is 19.9 Å². The van der Waals surface area contributed by atoms with Crippen molar-refractivity contribution < 1.29 is 8.91 Å². The molecule has 0 bridgehead atoms. The molecule has 0 unspecified atom stereocenters. The molecule has 3 rings (SSSR count). The summed E-state index contributed by atoms with van der Waals surface area (Å²) >= 11 is 0. The van der Waals surface area contributed by atoms with Gasteiger partial charge < -0.3 is 10.3 Å². The fourth-order valence-corrected chi connectivity index (χ4v) is 2.14. The summed E-state index contributed by atoms with van der Waals surface area (Å²) in [6.07, 6.45) is 1.72. The van der Waals surface area contributed by atoms with Crippen molar-refractivity contribution in [3.63, 3.8) is 0 Å². The number of hydrogen-bond donors (Lipinski definition) is 1. The summed E-state index contributed by atoms with van der Waals surface area (Å²) in [6, 6.07) is 6.37. The number of benzene rings is 1. The smallest absolute Gasteiger partial charge is 0.263 e. The monoisotopic (exact) mass is 284 g/mol. The van der Waals surface area contributed by atoms with E-state index in [-0.39, 0.29) is 17.1 Å². The van der Waals surface area contributed by atoms with Gasteiger partial charge in [0.15, 0.2) is 0 Å². The summed E-state index contributed by atoms with van der Waals surface area (Å²) in [6.45, 7) is 3.86. The SMILES string of the molecule is Cc1cnc(-c2noc(-c3c(N)cccc3F)n2)c(C)c1. The molecule has 1 aromatic carbocycles. The molecule has 0 radical (unpaired) electrons. The molecule has 21 heavy (non-hydrogen) atoms. The first-order valence-corrected chi connectivity index (χ1v) is 6.38. The molecular formula is C15H13FN4O. The molecule has 0 saturated heterocycles. The van der Waals surface area contributed by atoms with E-state index in [0.29, 0.717) is 11.5 Å². The average molecular weight is 284 g/mol. The highest BCUT2D eigenvalue weighted by Crippen LogP contribution is 2.29. The first-order valence-electron chi connectivity index (χ1n) is 6.38. The maximum atomic E-state index is 13.9. The number of nitrogens with zero attached hydrogens (tertiary/aromatic N) is 3. The Morgan fingerprint density at radius 1 is 1.24 bits per heavy atom. The zero-order chi connectivity index (χ0) is 15.0. The van der Waals surface area contributed by atoms with Gasteiger partial charge in [-0.2, -0.15) is 4.98 Å². The summed E-state index contributed by atoms with van der Waals surface area (Å²) in [5, 5.41) is 3.86. The summed E-state index contributed by atoms with van der Waals surface area (Å²) in [4.78, 5) is 8.49. The molecule has 0 spiro atoms. The molecule has 0 amide bonds. The topological polar surface area (TPSA) is 77.8 Å². The number of nitrogens with two attached hydrogens (primary N) is 1. The van der Waals surface area contributed by atoms with Gasteiger partial charge in [0.2, 0.25) is 5.82 Å². The Morgan fingerprint density at radius 3 is 2.76 bits per heavy atom. The molecule has 0 atom stereocenters. The minimum atomic E-state index is -0.501. The van der Waals surface area contributed by atoms with Crippen molar-refractivity contribution in [2.45, 2.75) is 13.8 Å². The molecule has 0 aliphatic rings. The predicted octanol–water partition coefficient (Wildman–Crippen LogP) is 3.14. The number of rotatable bonds is 2. The number of hydrogen-bond acceptors (Lipinski definition) is 5. The van der Waals surface area contributed by atoms with Crippen LogP contribution in [0.1, 0.15) is 11.1 Å². The molecular weight excluding hydrogens is 271 g/mol. The molecule has 6 heteroatoms. The van der Waals surface area contributed by atoms with Gasteiger partial charge in [0, 0.05) is 11.9 Å². The molecule has 106 valence electrons. The number of aryl methyl sites for hydroxylation is 2. The van der Waals surface area contributed by atoms with Gasteiger partial charge >= 0.3 is 0 Å². The Morgan fingerprint density at radius 2 is 2.05 bits per heavy atom. The highest BCUT2D eigenvalue weighted by Gasteiger charge is 2.18. The van der Waals surface area contributed by atoms with Crippen molar-refractivity contribution in [2.75, 3.05) is 5.73 Å². The van der Waals surface area contributed by atoms with Crippen molar-refractivity contribution in [1.82, 2.24) is 15.1 Å². The Kier molecular flexibility index (Phi) is 3.13. The molecule has 3 aromatic rings. The molecule has 5 nitrogen and oxygen atoms in total. The largest absolute Gasteiger partial charge is 0.398 e.